The lowest BCUT2D eigenvalue weighted by atomic mass is 10.2. The third kappa shape index (κ3) is 5.27. The molecule has 1 heterocycles. The van der Waals surface area contributed by atoms with Crippen molar-refractivity contribution in [3.8, 4) is 0 Å². The third-order valence-electron chi connectivity index (χ3n) is 4.10. The molecule has 1 aliphatic heterocycles. The molecule has 12 heteroatoms. The highest BCUT2D eigenvalue weighted by Gasteiger charge is 2.57. The predicted molar refractivity (Wildman–Crippen MR) is 98.2 cm³/mol. The van der Waals surface area contributed by atoms with Gasteiger partial charge in [0.05, 0.1) is 34.2 Å². The lowest BCUT2D eigenvalue weighted by Gasteiger charge is -2.26. The van der Waals surface area contributed by atoms with E-state index in [0.717, 1.165) is 23.9 Å². The molecule has 0 N–H and O–H groups in total. The van der Waals surface area contributed by atoms with Gasteiger partial charge in [-0.3, -0.25) is 9.79 Å². The summed E-state index contributed by atoms with van der Waals surface area (Å²) in [5, 5.41) is -0.486. The molecule has 0 spiro atoms. The number of benzene rings is 1. The molecule has 2 atom stereocenters. The maximum atomic E-state index is 14.3. The van der Waals surface area contributed by atoms with Crippen molar-refractivity contribution in [3.63, 3.8) is 0 Å². The summed E-state index contributed by atoms with van der Waals surface area (Å²) >= 11 is 1.54. The molecular formula is C17H13F7N2OS2. The SMILES string of the molecule is C=Cc1cc(F)c(N=C2C3SCC(=O)N(CC(F)(F)F)C23)cc1SCC(F)(F)F. The van der Waals surface area contributed by atoms with Gasteiger partial charge in [-0.1, -0.05) is 12.7 Å². The average molecular weight is 458 g/mol. The number of alkyl halides is 6. The fourth-order valence-corrected chi connectivity index (χ4v) is 4.91. The molecule has 1 amide bonds. The zero-order chi connectivity index (χ0) is 21.6. The number of thioether (sulfide) groups is 2. The van der Waals surface area contributed by atoms with Gasteiger partial charge in [-0.25, -0.2) is 4.39 Å². The highest BCUT2D eigenvalue weighted by Crippen LogP contribution is 2.44. The summed E-state index contributed by atoms with van der Waals surface area (Å²) in [5.74, 6) is -2.89. The minimum absolute atomic E-state index is 0.0950. The van der Waals surface area contributed by atoms with Crippen molar-refractivity contribution in [1.82, 2.24) is 4.90 Å². The van der Waals surface area contributed by atoms with Gasteiger partial charge in [0.2, 0.25) is 5.91 Å². The zero-order valence-electron chi connectivity index (χ0n) is 14.5. The lowest BCUT2D eigenvalue weighted by Crippen LogP contribution is -2.44. The van der Waals surface area contributed by atoms with Crippen molar-refractivity contribution in [2.75, 3.05) is 18.1 Å². The van der Waals surface area contributed by atoms with Gasteiger partial charge in [0.15, 0.2) is 0 Å². The maximum absolute atomic E-state index is 14.3. The van der Waals surface area contributed by atoms with E-state index in [1.807, 2.05) is 0 Å². The van der Waals surface area contributed by atoms with Gasteiger partial charge in [0, 0.05) is 4.90 Å². The maximum Gasteiger partial charge on any atom is 0.406 e. The average Bonchev–Trinajstić information content (AvgIpc) is 3.29. The van der Waals surface area contributed by atoms with Crippen LogP contribution in [0.3, 0.4) is 0 Å². The Bertz CT molecular complexity index is 867. The molecule has 1 saturated carbocycles. The van der Waals surface area contributed by atoms with Crippen LogP contribution in [0, 0.1) is 5.82 Å². The Morgan fingerprint density at radius 2 is 1.93 bits per heavy atom. The Morgan fingerprint density at radius 3 is 2.52 bits per heavy atom. The Balaban J connectivity index is 1.88. The summed E-state index contributed by atoms with van der Waals surface area (Å²) in [6.07, 6.45) is -7.83. The van der Waals surface area contributed by atoms with Crippen LogP contribution in [0.15, 0.2) is 28.6 Å². The van der Waals surface area contributed by atoms with Crippen LogP contribution in [0.2, 0.25) is 0 Å². The number of aliphatic imine (C=N–C) groups is 1. The molecule has 1 aliphatic carbocycles. The van der Waals surface area contributed by atoms with E-state index in [-0.39, 0.29) is 27.6 Å². The van der Waals surface area contributed by atoms with Crippen LogP contribution in [0.25, 0.3) is 6.08 Å². The molecule has 2 aliphatic rings. The number of rotatable bonds is 5. The van der Waals surface area contributed by atoms with Gasteiger partial charge in [-0.15, -0.1) is 23.5 Å². The Morgan fingerprint density at radius 1 is 1.24 bits per heavy atom. The second-order valence-electron chi connectivity index (χ2n) is 6.30. The monoisotopic (exact) mass is 458 g/mol. The van der Waals surface area contributed by atoms with E-state index >= 15 is 0 Å². The summed E-state index contributed by atoms with van der Waals surface area (Å²) in [5.41, 5.74) is 0.0592. The van der Waals surface area contributed by atoms with Crippen molar-refractivity contribution >= 4 is 46.9 Å². The number of hydrogen-bond acceptors (Lipinski definition) is 4. The van der Waals surface area contributed by atoms with Gasteiger partial charge in [0.1, 0.15) is 12.4 Å². The molecule has 3 rings (SSSR count). The number of halogens is 7. The van der Waals surface area contributed by atoms with E-state index < -0.39 is 47.7 Å². The summed E-state index contributed by atoms with van der Waals surface area (Å²) in [6.45, 7) is 2.01. The molecule has 29 heavy (non-hydrogen) atoms. The fraction of sp³-hybridized carbons (Fsp3) is 0.412. The van der Waals surface area contributed by atoms with Gasteiger partial charge < -0.3 is 4.90 Å². The third-order valence-corrected chi connectivity index (χ3v) is 6.51. The van der Waals surface area contributed by atoms with Crippen molar-refractivity contribution < 1.29 is 35.5 Å². The first-order valence-corrected chi connectivity index (χ1v) is 10.1. The van der Waals surface area contributed by atoms with E-state index in [1.54, 1.807) is 0 Å². The van der Waals surface area contributed by atoms with Crippen molar-refractivity contribution in [2.24, 2.45) is 4.99 Å². The molecule has 1 aromatic carbocycles. The van der Waals surface area contributed by atoms with Crippen LogP contribution in [0.4, 0.5) is 36.4 Å². The number of amides is 1. The molecule has 1 saturated heterocycles. The lowest BCUT2D eigenvalue weighted by molar-refractivity contribution is -0.160. The minimum atomic E-state index is -4.59. The highest BCUT2D eigenvalue weighted by molar-refractivity contribution is 8.02. The second-order valence-corrected chi connectivity index (χ2v) is 8.45. The van der Waals surface area contributed by atoms with Crippen molar-refractivity contribution in [3.05, 3.63) is 30.1 Å². The highest BCUT2D eigenvalue weighted by atomic mass is 32.2. The van der Waals surface area contributed by atoms with Crippen LogP contribution in [0.1, 0.15) is 5.56 Å². The molecule has 2 fully saturated rings. The fourth-order valence-electron chi connectivity index (χ4n) is 2.85. The number of carbonyl (C=O) groups excluding carboxylic acids is 1. The number of nitrogens with zero attached hydrogens (tertiary/aromatic N) is 2. The second kappa shape index (κ2) is 7.86. The smallest absolute Gasteiger partial charge is 0.323 e. The van der Waals surface area contributed by atoms with E-state index in [2.05, 4.69) is 11.6 Å². The Labute approximate surface area is 169 Å². The molecule has 0 bridgehead atoms. The standard InChI is InChI=1S/C17H13F7N2OS2/c1-2-8-3-9(18)10(4-11(8)29-7-17(22,23)24)25-13-14-15(13)28-5-12(27)26(14)6-16(19,20)21/h2-4,14-15H,1,5-7H2. The van der Waals surface area contributed by atoms with Crippen LogP contribution in [-0.4, -0.2) is 58.2 Å². The van der Waals surface area contributed by atoms with Crippen LogP contribution >= 0.6 is 23.5 Å². The van der Waals surface area contributed by atoms with Crippen molar-refractivity contribution in [2.45, 2.75) is 28.5 Å². The summed E-state index contributed by atoms with van der Waals surface area (Å²) in [4.78, 5) is 16.6. The summed E-state index contributed by atoms with van der Waals surface area (Å²) < 4.78 is 90.1. The van der Waals surface area contributed by atoms with Gasteiger partial charge in [0.25, 0.3) is 0 Å². The minimum Gasteiger partial charge on any atom is -0.323 e. The van der Waals surface area contributed by atoms with E-state index in [9.17, 15) is 35.5 Å². The Hall–Kier alpha value is -1.69. The number of hydrogen-bond donors (Lipinski definition) is 0. The van der Waals surface area contributed by atoms with E-state index in [4.69, 9.17) is 0 Å². The van der Waals surface area contributed by atoms with Gasteiger partial charge in [-0.05, 0) is 17.7 Å². The first kappa shape index (κ1) is 22.0. The molecule has 0 radical (unpaired) electrons. The van der Waals surface area contributed by atoms with Crippen LogP contribution < -0.4 is 0 Å². The normalized spacial score (nSPS) is 23.3. The zero-order valence-corrected chi connectivity index (χ0v) is 16.1. The predicted octanol–water partition coefficient (Wildman–Crippen LogP) is 5.08. The molecule has 2 unspecified atom stereocenters. The summed E-state index contributed by atoms with van der Waals surface area (Å²) in [6, 6.07) is 1.19. The number of fused-ring (bicyclic) bond motifs is 1. The Kier molecular flexibility index (Phi) is 5.96. The van der Waals surface area contributed by atoms with E-state index in [0.29, 0.717) is 16.7 Å². The largest absolute Gasteiger partial charge is 0.406 e. The topological polar surface area (TPSA) is 32.7 Å². The van der Waals surface area contributed by atoms with Crippen LogP contribution in [-0.2, 0) is 4.79 Å². The molecular weight excluding hydrogens is 445 g/mol. The van der Waals surface area contributed by atoms with Gasteiger partial charge in [-0.2, -0.15) is 26.3 Å². The number of carbonyl (C=O) groups is 1. The molecule has 3 nitrogen and oxygen atoms in total. The molecule has 0 aromatic heterocycles. The first-order chi connectivity index (χ1) is 13.4. The van der Waals surface area contributed by atoms with Gasteiger partial charge >= 0.3 is 12.4 Å². The van der Waals surface area contributed by atoms with E-state index in [1.165, 1.54) is 6.08 Å². The van der Waals surface area contributed by atoms with Crippen molar-refractivity contribution in [1.29, 1.82) is 0 Å². The molecule has 1 aromatic rings. The van der Waals surface area contributed by atoms with Crippen LogP contribution in [0.5, 0.6) is 0 Å². The quantitative estimate of drug-likeness (QED) is 0.456. The first-order valence-electron chi connectivity index (χ1n) is 8.11. The molecule has 158 valence electrons. The summed E-state index contributed by atoms with van der Waals surface area (Å²) in [7, 11) is 0.